The van der Waals surface area contributed by atoms with Gasteiger partial charge in [-0.3, -0.25) is 4.79 Å². The molecule has 0 aliphatic carbocycles. The van der Waals surface area contributed by atoms with Gasteiger partial charge in [0.1, 0.15) is 5.75 Å². The van der Waals surface area contributed by atoms with Crippen molar-refractivity contribution in [3.05, 3.63) is 35.4 Å². The normalized spacial score (nSPS) is 22.0. The Morgan fingerprint density at radius 3 is 3.14 bits per heavy atom. The molecule has 1 amide bonds. The Bertz CT molecular complexity index is 550. The van der Waals surface area contributed by atoms with Gasteiger partial charge in [-0.15, -0.1) is 0 Å². The molecule has 3 rings (SSSR count). The predicted octanol–water partition coefficient (Wildman–Crippen LogP) is 3.28. The second-order valence-corrected chi connectivity index (χ2v) is 6.16. The Morgan fingerprint density at radius 1 is 1.33 bits per heavy atom. The van der Waals surface area contributed by atoms with Crippen LogP contribution in [0.15, 0.2) is 24.3 Å². The van der Waals surface area contributed by atoms with Gasteiger partial charge in [0.15, 0.2) is 0 Å². The number of likely N-dealkylation sites (tertiary alicyclic amines) is 1. The van der Waals surface area contributed by atoms with E-state index < -0.39 is 0 Å². The van der Waals surface area contributed by atoms with Crippen molar-refractivity contribution in [3.63, 3.8) is 0 Å². The van der Waals surface area contributed by atoms with E-state index in [0.717, 1.165) is 56.2 Å². The molecule has 1 atom stereocenters. The van der Waals surface area contributed by atoms with Crippen LogP contribution in [0.4, 0.5) is 0 Å². The minimum atomic E-state index is 0.140. The van der Waals surface area contributed by atoms with Gasteiger partial charge in [0.05, 0.1) is 6.61 Å². The van der Waals surface area contributed by atoms with Crippen molar-refractivity contribution in [1.29, 1.82) is 0 Å². The van der Waals surface area contributed by atoms with E-state index in [1.54, 1.807) is 6.08 Å². The molecule has 0 radical (unpaired) electrons. The molecule has 1 saturated heterocycles. The van der Waals surface area contributed by atoms with Gasteiger partial charge >= 0.3 is 0 Å². The van der Waals surface area contributed by atoms with Gasteiger partial charge in [-0.1, -0.05) is 13.0 Å². The molecule has 2 heterocycles. The summed E-state index contributed by atoms with van der Waals surface area (Å²) >= 11 is 0. The number of rotatable bonds is 2. The molecular weight excluding hydrogens is 262 g/mol. The van der Waals surface area contributed by atoms with Crippen LogP contribution in [0.1, 0.15) is 37.3 Å². The summed E-state index contributed by atoms with van der Waals surface area (Å²) in [6, 6.07) is 6.13. The Balaban J connectivity index is 1.63. The predicted molar refractivity (Wildman–Crippen MR) is 84.3 cm³/mol. The summed E-state index contributed by atoms with van der Waals surface area (Å²) in [5.74, 6) is 1.87. The molecule has 0 bridgehead atoms. The van der Waals surface area contributed by atoms with Crippen molar-refractivity contribution in [2.24, 2.45) is 5.92 Å². The lowest BCUT2D eigenvalue weighted by Crippen LogP contribution is -2.30. The number of fused-ring (bicyclic) bond motifs is 1. The molecule has 1 fully saturated rings. The highest BCUT2D eigenvalue weighted by atomic mass is 16.5. The zero-order valence-corrected chi connectivity index (χ0v) is 12.7. The second kappa shape index (κ2) is 6.33. The summed E-state index contributed by atoms with van der Waals surface area (Å²) < 4.78 is 5.50. The Kier molecular flexibility index (Phi) is 4.28. The van der Waals surface area contributed by atoms with E-state index in [-0.39, 0.29) is 5.91 Å². The first-order chi connectivity index (χ1) is 10.2. The summed E-state index contributed by atoms with van der Waals surface area (Å²) in [5.41, 5.74) is 2.32. The molecule has 2 aliphatic heterocycles. The smallest absolute Gasteiger partial charge is 0.246 e. The van der Waals surface area contributed by atoms with Crippen molar-refractivity contribution in [2.75, 3.05) is 19.7 Å². The first-order valence-electron chi connectivity index (χ1n) is 7.95. The lowest BCUT2D eigenvalue weighted by atomic mass is 10.0. The van der Waals surface area contributed by atoms with Crippen molar-refractivity contribution < 1.29 is 9.53 Å². The molecule has 3 nitrogen and oxygen atoms in total. The van der Waals surface area contributed by atoms with Gasteiger partial charge < -0.3 is 9.64 Å². The molecular formula is C18H23NO2. The Morgan fingerprint density at radius 2 is 2.24 bits per heavy atom. The maximum Gasteiger partial charge on any atom is 0.246 e. The molecule has 0 aromatic heterocycles. The average Bonchev–Trinajstić information content (AvgIpc) is 2.85. The number of ether oxygens (including phenoxy) is 1. The number of carbonyl (C=O) groups is 1. The minimum Gasteiger partial charge on any atom is -0.493 e. The van der Waals surface area contributed by atoms with Crippen LogP contribution in [0.2, 0.25) is 0 Å². The number of carbonyl (C=O) groups excluding carboxylic acids is 1. The lowest BCUT2D eigenvalue weighted by Gasteiger charge is -2.18. The van der Waals surface area contributed by atoms with E-state index in [0.29, 0.717) is 0 Å². The topological polar surface area (TPSA) is 29.5 Å². The largest absolute Gasteiger partial charge is 0.493 e. The Hall–Kier alpha value is -1.77. The molecule has 2 aliphatic rings. The summed E-state index contributed by atoms with van der Waals surface area (Å²) in [6.07, 6.45) is 8.09. The standard InChI is InChI=1S/C18H23NO2/c1-14-3-2-10-19(11-8-14)18(20)7-5-15-4-6-17-16(13-15)9-12-21-17/h4-7,13-14H,2-3,8-12H2,1H3. The van der Waals surface area contributed by atoms with E-state index in [1.807, 2.05) is 23.1 Å². The third kappa shape index (κ3) is 3.46. The summed E-state index contributed by atoms with van der Waals surface area (Å²) in [7, 11) is 0. The first kappa shape index (κ1) is 14.2. The van der Waals surface area contributed by atoms with Crippen molar-refractivity contribution in [1.82, 2.24) is 4.90 Å². The average molecular weight is 285 g/mol. The fraction of sp³-hybridized carbons (Fsp3) is 0.500. The van der Waals surface area contributed by atoms with Gasteiger partial charge in [0.2, 0.25) is 5.91 Å². The maximum atomic E-state index is 12.3. The van der Waals surface area contributed by atoms with Crippen LogP contribution in [-0.4, -0.2) is 30.5 Å². The fourth-order valence-electron chi connectivity index (χ4n) is 3.07. The third-order valence-corrected chi connectivity index (χ3v) is 4.46. The molecule has 1 aromatic carbocycles. The van der Waals surface area contributed by atoms with Crippen molar-refractivity contribution >= 4 is 12.0 Å². The highest BCUT2D eigenvalue weighted by Gasteiger charge is 2.16. The van der Waals surface area contributed by atoms with E-state index in [2.05, 4.69) is 13.0 Å². The highest BCUT2D eigenvalue weighted by Crippen LogP contribution is 2.26. The molecule has 21 heavy (non-hydrogen) atoms. The molecule has 0 N–H and O–H groups in total. The molecule has 1 unspecified atom stereocenters. The first-order valence-corrected chi connectivity index (χ1v) is 7.95. The zero-order valence-electron chi connectivity index (χ0n) is 12.7. The zero-order chi connectivity index (χ0) is 14.7. The van der Waals surface area contributed by atoms with Crippen LogP contribution in [0.25, 0.3) is 6.08 Å². The number of hydrogen-bond acceptors (Lipinski definition) is 2. The summed E-state index contributed by atoms with van der Waals surface area (Å²) in [6.45, 7) is 4.83. The lowest BCUT2D eigenvalue weighted by molar-refractivity contribution is -0.125. The molecule has 112 valence electrons. The monoisotopic (exact) mass is 285 g/mol. The molecule has 0 spiro atoms. The SMILES string of the molecule is CC1CCCN(C(=O)C=Cc2ccc3c(c2)CCO3)CC1. The Labute approximate surface area is 126 Å². The third-order valence-electron chi connectivity index (χ3n) is 4.46. The van der Waals surface area contributed by atoms with Crippen LogP contribution < -0.4 is 4.74 Å². The van der Waals surface area contributed by atoms with Crippen molar-refractivity contribution in [3.8, 4) is 5.75 Å². The van der Waals surface area contributed by atoms with Gasteiger partial charge in [-0.2, -0.15) is 0 Å². The van der Waals surface area contributed by atoms with E-state index in [4.69, 9.17) is 4.74 Å². The molecule has 1 aromatic rings. The highest BCUT2D eigenvalue weighted by molar-refractivity contribution is 5.91. The number of nitrogens with zero attached hydrogens (tertiary/aromatic N) is 1. The van der Waals surface area contributed by atoms with E-state index in [9.17, 15) is 4.79 Å². The maximum absolute atomic E-state index is 12.3. The van der Waals surface area contributed by atoms with Crippen LogP contribution in [0.5, 0.6) is 5.75 Å². The minimum absolute atomic E-state index is 0.140. The van der Waals surface area contributed by atoms with Crippen molar-refractivity contribution in [2.45, 2.75) is 32.6 Å². The number of benzene rings is 1. The van der Waals surface area contributed by atoms with Crippen LogP contribution >= 0.6 is 0 Å². The second-order valence-electron chi connectivity index (χ2n) is 6.16. The fourth-order valence-corrected chi connectivity index (χ4v) is 3.07. The molecule has 0 saturated carbocycles. The van der Waals surface area contributed by atoms with Crippen LogP contribution in [0, 0.1) is 5.92 Å². The van der Waals surface area contributed by atoms with Gasteiger partial charge in [-0.25, -0.2) is 0 Å². The van der Waals surface area contributed by atoms with Gasteiger partial charge in [0, 0.05) is 25.6 Å². The van der Waals surface area contributed by atoms with Gasteiger partial charge in [-0.05, 0) is 54.5 Å². The number of hydrogen-bond donors (Lipinski definition) is 0. The number of amides is 1. The quantitative estimate of drug-likeness (QED) is 0.780. The summed E-state index contributed by atoms with van der Waals surface area (Å²) in [5, 5.41) is 0. The molecule has 3 heteroatoms. The van der Waals surface area contributed by atoms with Crippen LogP contribution in [-0.2, 0) is 11.2 Å². The van der Waals surface area contributed by atoms with E-state index in [1.165, 1.54) is 12.0 Å². The van der Waals surface area contributed by atoms with E-state index >= 15 is 0 Å². The summed E-state index contributed by atoms with van der Waals surface area (Å²) in [4.78, 5) is 14.3. The van der Waals surface area contributed by atoms with Gasteiger partial charge in [0.25, 0.3) is 0 Å². The van der Waals surface area contributed by atoms with Crippen LogP contribution in [0.3, 0.4) is 0 Å².